The number of nitrogen functional groups attached to an aromatic ring is 1. The van der Waals surface area contributed by atoms with Gasteiger partial charge in [-0.05, 0) is 42.9 Å². The molecule has 100 valence electrons. The van der Waals surface area contributed by atoms with Crippen molar-refractivity contribution in [2.75, 3.05) is 5.73 Å². The van der Waals surface area contributed by atoms with Crippen molar-refractivity contribution in [2.24, 2.45) is 7.05 Å². The highest BCUT2D eigenvalue weighted by molar-refractivity contribution is 5.69. The number of rotatable bonds is 3. The molecule has 1 aromatic heterocycles. The van der Waals surface area contributed by atoms with Crippen LogP contribution in [0, 0.1) is 0 Å². The first-order chi connectivity index (χ1) is 9.20. The number of hydrogen-bond donors (Lipinski definition) is 1. The van der Waals surface area contributed by atoms with Crippen molar-refractivity contribution in [3.8, 4) is 11.3 Å². The largest absolute Gasteiger partial charge is 0.384 e. The van der Waals surface area contributed by atoms with Gasteiger partial charge in [0.25, 0.3) is 0 Å². The van der Waals surface area contributed by atoms with Crippen LogP contribution in [0.25, 0.3) is 11.3 Å². The summed E-state index contributed by atoms with van der Waals surface area (Å²) in [6.07, 6.45) is 5.79. The van der Waals surface area contributed by atoms with Gasteiger partial charge in [0.2, 0.25) is 0 Å². The molecule has 1 aliphatic carbocycles. The fourth-order valence-corrected chi connectivity index (χ4v) is 3.03. The zero-order valence-corrected chi connectivity index (χ0v) is 11.7. The lowest BCUT2D eigenvalue weighted by Crippen LogP contribution is -1.99. The van der Waals surface area contributed by atoms with Crippen LogP contribution in [-0.4, -0.2) is 9.78 Å². The topological polar surface area (TPSA) is 43.8 Å². The second kappa shape index (κ2) is 4.72. The Kier molecular flexibility index (Phi) is 3.05. The summed E-state index contributed by atoms with van der Waals surface area (Å²) in [5, 5.41) is 4.62. The van der Waals surface area contributed by atoms with E-state index in [4.69, 9.17) is 5.73 Å². The molecule has 0 radical (unpaired) electrons. The van der Waals surface area contributed by atoms with Crippen LogP contribution in [0.3, 0.4) is 0 Å². The van der Waals surface area contributed by atoms with Crippen LogP contribution >= 0.6 is 0 Å². The lowest BCUT2D eigenvalue weighted by atomic mass is 10.00. The minimum atomic E-state index is 0.803. The van der Waals surface area contributed by atoms with Crippen LogP contribution in [-0.2, 0) is 26.3 Å². The van der Waals surface area contributed by atoms with Crippen LogP contribution in [0.4, 0.5) is 5.82 Å². The van der Waals surface area contributed by atoms with E-state index in [2.05, 4.69) is 30.2 Å². The molecule has 1 aromatic carbocycles. The summed E-state index contributed by atoms with van der Waals surface area (Å²) in [6.45, 7) is 2.18. The van der Waals surface area contributed by atoms with Crippen LogP contribution in [0.5, 0.6) is 0 Å². The van der Waals surface area contributed by atoms with Gasteiger partial charge in [-0.25, -0.2) is 0 Å². The maximum Gasteiger partial charge on any atom is 0.125 e. The predicted molar refractivity (Wildman–Crippen MR) is 79.1 cm³/mol. The number of hydrogen-bond acceptors (Lipinski definition) is 2. The molecule has 0 saturated carbocycles. The Labute approximate surface area is 114 Å². The van der Waals surface area contributed by atoms with Gasteiger partial charge in [0, 0.05) is 18.2 Å². The minimum absolute atomic E-state index is 0.803. The molecule has 1 heterocycles. The van der Waals surface area contributed by atoms with Crippen molar-refractivity contribution in [3.63, 3.8) is 0 Å². The molecule has 0 amide bonds. The third-order valence-electron chi connectivity index (χ3n) is 4.07. The first-order valence-corrected chi connectivity index (χ1v) is 7.14. The first-order valence-electron chi connectivity index (χ1n) is 7.14. The molecular weight excluding hydrogens is 234 g/mol. The van der Waals surface area contributed by atoms with Gasteiger partial charge in [-0.3, -0.25) is 4.68 Å². The lowest BCUT2D eigenvalue weighted by molar-refractivity contribution is 0.781. The number of nitrogens with two attached hydrogens (primary N) is 1. The van der Waals surface area contributed by atoms with Crippen molar-refractivity contribution in [1.29, 1.82) is 0 Å². The zero-order valence-electron chi connectivity index (χ0n) is 11.7. The molecule has 3 nitrogen and oxygen atoms in total. The van der Waals surface area contributed by atoms with Gasteiger partial charge >= 0.3 is 0 Å². The maximum absolute atomic E-state index is 6.14. The van der Waals surface area contributed by atoms with Crippen molar-refractivity contribution < 1.29 is 0 Å². The van der Waals surface area contributed by atoms with E-state index in [-0.39, 0.29) is 0 Å². The van der Waals surface area contributed by atoms with Crippen molar-refractivity contribution in [1.82, 2.24) is 9.78 Å². The molecule has 2 N–H and O–H groups in total. The summed E-state index contributed by atoms with van der Waals surface area (Å²) in [7, 11) is 1.92. The zero-order chi connectivity index (χ0) is 13.4. The number of aromatic nitrogens is 2. The van der Waals surface area contributed by atoms with Gasteiger partial charge in [0.15, 0.2) is 0 Å². The third-order valence-corrected chi connectivity index (χ3v) is 4.07. The van der Waals surface area contributed by atoms with Gasteiger partial charge in [-0.15, -0.1) is 0 Å². The number of benzene rings is 1. The summed E-state index contributed by atoms with van der Waals surface area (Å²) in [4.78, 5) is 0. The van der Waals surface area contributed by atoms with Crippen molar-refractivity contribution >= 4 is 5.82 Å². The Morgan fingerprint density at radius 2 is 2.05 bits per heavy atom. The molecule has 0 aliphatic heterocycles. The van der Waals surface area contributed by atoms with Gasteiger partial charge < -0.3 is 5.73 Å². The molecule has 0 bridgehead atoms. The van der Waals surface area contributed by atoms with E-state index < -0.39 is 0 Å². The molecule has 3 rings (SSSR count). The average Bonchev–Trinajstić information content (AvgIpc) is 2.98. The summed E-state index contributed by atoms with van der Waals surface area (Å²) >= 11 is 0. The van der Waals surface area contributed by atoms with Crippen LogP contribution < -0.4 is 5.73 Å². The second-order valence-electron chi connectivity index (χ2n) is 5.42. The van der Waals surface area contributed by atoms with Crippen LogP contribution in [0.2, 0.25) is 0 Å². The number of aryl methyl sites for hydroxylation is 3. The highest BCUT2D eigenvalue weighted by Crippen LogP contribution is 2.31. The third kappa shape index (κ3) is 2.03. The van der Waals surface area contributed by atoms with E-state index in [0.29, 0.717) is 0 Å². The Bertz CT molecular complexity index is 611. The standard InChI is InChI=1S/C16H21N3/c1-3-5-14-15(18-19(2)16(14)17)13-9-8-11-6-4-7-12(11)10-13/h8-10H,3-7,17H2,1-2H3. The Morgan fingerprint density at radius 3 is 2.84 bits per heavy atom. The van der Waals surface area contributed by atoms with Gasteiger partial charge in [-0.1, -0.05) is 25.5 Å². The Balaban J connectivity index is 2.09. The first kappa shape index (κ1) is 12.3. The SMILES string of the molecule is CCCc1c(-c2ccc3c(c2)CCC3)nn(C)c1N. The Morgan fingerprint density at radius 1 is 1.26 bits per heavy atom. The van der Waals surface area contributed by atoms with Crippen molar-refractivity contribution in [3.05, 3.63) is 34.9 Å². The molecule has 0 spiro atoms. The highest BCUT2D eigenvalue weighted by Gasteiger charge is 2.17. The van der Waals surface area contributed by atoms with Gasteiger partial charge in [0.05, 0.1) is 5.69 Å². The van der Waals surface area contributed by atoms with Crippen LogP contribution in [0.1, 0.15) is 36.5 Å². The van der Waals surface area contributed by atoms with E-state index >= 15 is 0 Å². The molecule has 0 unspecified atom stereocenters. The molecule has 2 aromatic rings. The summed E-state index contributed by atoms with van der Waals surface area (Å²) in [5.74, 6) is 0.803. The van der Waals surface area contributed by atoms with E-state index in [0.717, 1.165) is 24.4 Å². The smallest absolute Gasteiger partial charge is 0.125 e. The molecule has 19 heavy (non-hydrogen) atoms. The summed E-state index contributed by atoms with van der Waals surface area (Å²) in [6, 6.07) is 6.77. The number of nitrogens with zero attached hydrogens (tertiary/aromatic N) is 2. The normalized spacial score (nSPS) is 13.8. The van der Waals surface area contributed by atoms with Gasteiger partial charge in [-0.2, -0.15) is 5.10 Å². The number of anilines is 1. The second-order valence-corrected chi connectivity index (χ2v) is 5.42. The molecule has 1 aliphatic rings. The quantitative estimate of drug-likeness (QED) is 0.915. The fraction of sp³-hybridized carbons (Fsp3) is 0.438. The Hall–Kier alpha value is -1.77. The molecule has 0 saturated heterocycles. The molecule has 3 heteroatoms. The van der Waals surface area contributed by atoms with Crippen molar-refractivity contribution in [2.45, 2.75) is 39.0 Å². The van der Waals surface area contributed by atoms with Crippen LogP contribution in [0.15, 0.2) is 18.2 Å². The molecule has 0 fully saturated rings. The minimum Gasteiger partial charge on any atom is -0.384 e. The molecule has 0 atom stereocenters. The van der Waals surface area contributed by atoms with E-state index in [1.165, 1.54) is 41.5 Å². The van der Waals surface area contributed by atoms with E-state index in [9.17, 15) is 0 Å². The van der Waals surface area contributed by atoms with E-state index in [1.54, 1.807) is 4.68 Å². The highest BCUT2D eigenvalue weighted by atomic mass is 15.3. The van der Waals surface area contributed by atoms with E-state index in [1.807, 2.05) is 7.05 Å². The number of fused-ring (bicyclic) bond motifs is 1. The monoisotopic (exact) mass is 255 g/mol. The maximum atomic E-state index is 6.14. The fourth-order valence-electron chi connectivity index (χ4n) is 3.03. The summed E-state index contributed by atoms with van der Waals surface area (Å²) in [5.41, 5.74) is 12.6. The molecular formula is C16H21N3. The lowest BCUT2D eigenvalue weighted by Gasteiger charge is -2.05. The average molecular weight is 255 g/mol. The van der Waals surface area contributed by atoms with Gasteiger partial charge in [0.1, 0.15) is 5.82 Å². The predicted octanol–water partition coefficient (Wildman–Crippen LogP) is 3.11. The summed E-state index contributed by atoms with van der Waals surface area (Å²) < 4.78 is 1.80.